The molecular formula is C28H41N2O+. The number of amides is 1. The topological polar surface area (TPSA) is 33.0 Å². The van der Waals surface area contributed by atoms with Crippen molar-refractivity contribution in [2.75, 3.05) is 0 Å². The third kappa shape index (κ3) is 6.18. The maximum Gasteiger partial charge on any atom is 0.220 e. The van der Waals surface area contributed by atoms with E-state index in [1.165, 1.54) is 12.8 Å². The Kier molecular flexibility index (Phi) is 8.28. The van der Waals surface area contributed by atoms with Gasteiger partial charge in [0.15, 0.2) is 12.4 Å². The van der Waals surface area contributed by atoms with Crippen LogP contribution in [-0.2, 0) is 11.3 Å². The number of aromatic nitrogens is 1. The average Bonchev–Trinajstić information content (AvgIpc) is 3.23. The van der Waals surface area contributed by atoms with Gasteiger partial charge in [0.1, 0.15) is 0 Å². The number of rotatable bonds is 9. The van der Waals surface area contributed by atoms with Crippen LogP contribution in [0, 0.1) is 35.5 Å². The highest BCUT2D eigenvalue weighted by atomic mass is 16.1. The highest BCUT2D eigenvalue weighted by Crippen LogP contribution is 2.48. The van der Waals surface area contributed by atoms with E-state index >= 15 is 0 Å². The van der Waals surface area contributed by atoms with E-state index in [1.807, 2.05) is 30.6 Å². The molecule has 1 N–H and O–H groups in total. The largest absolute Gasteiger partial charge is 0.352 e. The summed E-state index contributed by atoms with van der Waals surface area (Å²) in [6.07, 6.45) is 8.39. The minimum atomic E-state index is 0.174. The lowest BCUT2D eigenvalue weighted by Gasteiger charge is -2.34. The highest BCUT2D eigenvalue weighted by Gasteiger charge is 2.41. The third-order valence-corrected chi connectivity index (χ3v) is 7.45. The van der Waals surface area contributed by atoms with Crippen molar-refractivity contribution in [1.82, 2.24) is 5.32 Å². The van der Waals surface area contributed by atoms with Crippen molar-refractivity contribution in [2.45, 2.75) is 66.8 Å². The van der Waals surface area contributed by atoms with E-state index in [0.717, 1.165) is 47.3 Å². The highest BCUT2D eigenvalue weighted by molar-refractivity contribution is 5.75. The summed E-state index contributed by atoms with van der Waals surface area (Å²) in [6, 6.07) is 14.4. The van der Waals surface area contributed by atoms with Crippen molar-refractivity contribution in [2.24, 2.45) is 35.5 Å². The molecule has 1 aliphatic carbocycles. The van der Waals surface area contributed by atoms with Gasteiger partial charge in [0.2, 0.25) is 11.6 Å². The van der Waals surface area contributed by atoms with Crippen molar-refractivity contribution in [1.29, 1.82) is 0 Å². The van der Waals surface area contributed by atoms with E-state index in [0.29, 0.717) is 18.9 Å². The van der Waals surface area contributed by atoms with Crippen LogP contribution in [0.5, 0.6) is 0 Å². The molecule has 1 heterocycles. The maximum atomic E-state index is 12.5. The standard InChI is InChI=1S/C28H40N2O/c1-20(2)25-14-15-26(28(25)21(3)4)22(5)9-16-27(31)29-19-23-10-12-24(13-11-23)30-17-7-6-8-18-30/h6-8,10-13,17-18,20-22,25-26,28H,9,14-16,19H2,1-5H3/p+1. The van der Waals surface area contributed by atoms with E-state index in [9.17, 15) is 4.79 Å². The van der Waals surface area contributed by atoms with E-state index < -0.39 is 0 Å². The van der Waals surface area contributed by atoms with Crippen LogP contribution < -0.4 is 9.88 Å². The Bertz CT molecular complexity index is 813. The zero-order valence-corrected chi connectivity index (χ0v) is 20.1. The fourth-order valence-electron chi connectivity index (χ4n) is 5.74. The van der Waals surface area contributed by atoms with Gasteiger partial charge in [-0.1, -0.05) is 52.8 Å². The molecule has 31 heavy (non-hydrogen) atoms. The molecule has 4 atom stereocenters. The average molecular weight is 422 g/mol. The molecule has 2 aromatic rings. The first-order valence-electron chi connectivity index (χ1n) is 12.2. The molecule has 1 fully saturated rings. The molecular weight excluding hydrogens is 380 g/mol. The lowest BCUT2D eigenvalue weighted by atomic mass is 9.72. The Morgan fingerprint density at radius 3 is 2.19 bits per heavy atom. The van der Waals surface area contributed by atoms with Gasteiger partial charge in [0.05, 0.1) is 0 Å². The summed E-state index contributed by atoms with van der Waals surface area (Å²) in [5, 5.41) is 3.12. The number of carbonyl (C=O) groups is 1. The normalized spacial score (nSPS) is 22.1. The summed E-state index contributed by atoms with van der Waals surface area (Å²) < 4.78 is 2.08. The minimum absolute atomic E-state index is 0.174. The van der Waals surface area contributed by atoms with Crippen molar-refractivity contribution in [3.05, 3.63) is 60.4 Å². The summed E-state index contributed by atoms with van der Waals surface area (Å²) in [7, 11) is 0. The smallest absolute Gasteiger partial charge is 0.220 e. The fraction of sp³-hybridized carbons (Fsp3) is 0.571. The molecule has 0 spiro atoms. The lowest BCUT2D eigenvalue weighted by molar-refractivity contribution is -0.595. The van der Waals surface area contributed by atoms with Gasteiger partial charge in [-0.15, -0.1) is 0 Å². The number of nitrogens with one attached hydrogen (secondary N) is 1. The molecule has 3 rings (SSSR count). The molecule has 1 saturated carbocycles. The van der Waals surface area contributed by atoms with Crippen LogP contribution in [-0.4, -0.2) is 5.91 Å². The van der Waals surface area contributed by atoms with Crippen molar-refractivity contribution in [3.8, 4) is 5.69 Å². The quantitative estimate of drug-likeness (QED) is 0.499. The Morgan fingerprint density at radius 1 is 0.935 bits per heavy atom. The van der Waals surface area contributed by atoms with Crippen molar-refractivity contribution < 1.29 is 9.36 Å². The number of carbonyl (C=O) groups excluding carboxylic acids is 1. The number of hydrogen-bond donors (Lipinski definition) is 1. The van der Waals surface area contributed by atoms with Gasteiger partial charge in [-0.25, -0.2) is 0 Å². The zero-order valence-electron chi connectivity index (χ0n) is 20.1. The van der Waals surface area contributed by atoms with Gasteiger partial charge in [0.25, 0.3) is 0 Å². The lowest BCUT2D eigenvalue weighted by Crippen LogP contribution is -2.29. The Morgan fingerprint density at radius 2 is 1.58 bits per heavy atom. The Balaban J connectivity index is 1.46. The molecule has 1 aromatic carbocycles. The molecule has 168 valence electrons. The van der Waals surface area contributed by atoms with Crippen LogP contribution in [0.4, 0.5) is 0 Å². The fourth-order valence-corrected chi connectivity index (χ4v) is 5.74. The summed E-state index contributed by atoms with van der Waals surface area (Å²) in [4.78, 5) is 12.5. The second-order valence-electron chi connectivity index (χ2n) is 10.2. The summed E-state index contributed by atoms with van der Waals surface area (Å²) in [5.41, 5.74) is 2.26. The summed E-state index contributed by atoms with van der Waals surface area (Å²) in [6.45, 7) is 12.5. The van der Waals surface area contributed by atoms with E-state index in [-0.39, 0.29) is 5.91 Å². The Hall–Kier alpha value is -2.16. The molecule has 4 unspecified atom stereocenters. The third-order valence-electron chi connectivity index (χ3n) is 7.45. The first kappa shape index (κ1) is 23.5. The Labute approximate surface area is 189 Å². The predicted octanol–water partition coefficient (Wildman–Crippen LogP) is 5.95. The van der Waals surface area contributed by atoms with E-state index in [1.54, 1.807) is 0 Å². The summed E-state index contributed by atoms with van der Waals surface area (Å²) >= 11 is 0. The maximum absolute atomic E-state index is 12.5. The first-order chi connectivity index (χ1) is 14.9. The SMILES string of the molecule is CC(C)C1CCC(C(C)CCC(=O)NCc2ccc(-[n+]3ccccc3)cc2)C1C(C)C. The predicted molar refractivity (Wildman–Crippen MR) is 128 cm³/mol. The minimum Gasteiger partial charge on any atom is -0.352 e. The van der Waals surface area contributed by atoms with Crippen LogP contribution in [0.1, 0.15) is 65.9 Å². The molecule has 0 bridgehead atoms. The second-order valence-corrected chi connectivity index (χ2v) is 10.2. The molecule has 3 nitrogen and oxygen atoms in total. The van der Waals surface area contributed by atoms with E-state index in [4.69, 9.17) is 0 Å². The van der Waals surface area contributed by atoms with Gasteiger partial charge in [-0.05, 0) is 60.3 Å². The molecule has 0 saturated heterocycles. The van der Waals surface area contributed by atoms with Gasteiger partial charge < -0.3 is 5.32 Å². The number of pyridine rings is 1. The monoisotopic (exact) mass is 421 g/mol. The molecule has 1 aromatic heterocycles. The number of hydrogen-bond acceptors (Lipinski definition) is 1. The summed E-state index contributed by atoms with van der Waals surface area (Å²) in [5.74, 6) is 4.70. The van der Waals surface area contributed by atoms with Crippen molar-refractivity contribution in [3.63, 3.8) is 0 Å². The van der Waals surface area contributed by atoms with Crippen LogP contribution in [0.15, 0.2) is 54.9 Å². The van der Waals surface area contributed by atoms with Gasteiger partial charge in [-0.2, -0.15) is 4.57 Å². The van der Waals surface area contributed by atoms with Crippen LogP contribution >= 0.6 is 0 Å². The number of benzene rings is 1. The van der Waals surface area contributed by atoms with Gasteiger partial charge in [0, 0.05) is 37.2 Å². The van der Waals surface area contributed by atoms with Crippen LogP contribution in [0.25, 0.3) is 5.69 Å². The van der Waals surface area contributed by atoms with Crippen LogP contribution in [0.3, 0.4) is 0 Å². The van der Waals surface area contributed by atoms with E-state index in [2.05, 4.69) is 68.8 Å². The molecule has 1 aliphatic rings. The van der Waals surface area contributed by atoms with Crippen molar-refractivity contribution >= 4 is 5.91 Å². The molecule has 0 radical (unpaired) electrons. The second kappa shape index (κ2) is 10.9. The molecule has 3 heteroatoms. The zero-order chi connectivity index (χ0) is 22.4. The van der Waals surface area contributed by atoms with Crippen LogP contribution in [0.2, 0.25) is 0 Å². The molecule has 1 amide bonds. The number of nitrogens with zero attached hydrogens (tertiary/aromatic N) is 1. The van der Waals surface area contributed by atoms with Gasteiger partial charge in [-0.3, -0.25) is 4.79 Å². The first-order valence-corrected chi connectivity index (χ1v) is 12.2. The molecule has 0 aliphatic heterocycles. The van der Waals surface area contributed by atoms with Gasteiger partial charge >= 0.3 is 0 Å².